The van der Waals surface area contributed by atoms with Crippen LogP contribution in [-0.4, -0.2) is 38.7 Å². The van der Waals surface area contributed by atoms with Gasteiger partial charge in [-0.3, -0.25) is 9.59 Å². The van der Waals surface area contributed by atoms with Crippen LogP contribution >= 0.6 is 0 Å². The first kappa shape index (κ1) is 16.4. The molecule has 0 aliphatic heterocycles. The molecular formula is C12H10F3N5O3. The van der Waals surface area contributed by atoms with E-state index in [-0.39, 0.29) is 12.2 Å². The second-order valence-corrected chi connectivity index (χ2v) is 4.29. The zero-order valence-electron chi connectivity index (χ0n) is 11.4. The number of hydrogen-bond acceptors (Lipinski definition) is 6. The summed E-state index contributed by atoms with van der Waals surface area (Å²) in [5.41, 5.74) is -0.678. The van der Waals surface area contributed by atoms with Crippen molar-refractivity contribution in [2.75, 3.05) is 11.9 Å². The van der Waals surface area contributed by atoms with Crippen LogP contribution in [0.4, 0.5) is 18.9 Å². The average Bonchev–Trinajstić information content (AvgIpc) is 2.98. The van der Waals surface area contributed by atoms with Gasteiger partial charge in [0.25, 0.3) is 5.91 Å². The van der Waals surface area contributed by atoms with Gasteiger partial charge >= 0.3 is 12.1 Å². The van der Waals surface area contributed by atoms with E-state index in [1.165, 1.54) is 6.33 Å². The Kier molecular flexibility index (Phi) is 4.88. The van der Waals surface area contributed by atoms with Gasteiger partial charge in [-0.15, -0.1) is 5.10 Å². The normalized spacial score (nSPS) is 11.1. The first-order chi connectivity index (χ1) is 10.8. The van der Waals surface area contributed by atoms with Crippen LogP contribution in [0.15, 0.2) is 30.6 Å². The molecule has 122 valence electrons. The Morgan fingerprint density at radius 2 is 1.91 bits per heavy atom. The quantitative estimate of drug-likeness (QED) is 0.817. The molecule has 0 saturated carbocycles. The first-order valence-electron chi connectivity index (χ1n) is 6.18. The third kappa shape index (κ3) is 5.05. The summed E-state index contributed by atoms with van der Waals surface area (Å²) in [6.07, 6.45) is -3.25. The number of anilines is 1. The number of rotatable bonds is 5. The molecule has 8 nitrogen and oxygen atoms in total. The number of alkyl halides is 3. The van der Waals surface area contributed by atoms with E-state index in [4.69, 9.17) is 0 Å². The Balaban J connectivity index is 1.79. The molecule has 23 heavy (non-hydrogen) atoms. The van der Waals surface area contributed by atoms with E-state index in [1.54, 1.807) is 0 Å². The molecule has 0 spiro atoms. The molecule has 1 amide bonds. The molecule has 0 fully saturated rings. The van der Waals surface area contributed by atoms with Crippen LogP contribution in [0.25, 0.3) is 0 Å². The van der Waals surface area contributed by atoms with Crippen LogP contribution in [-0.2, 0) is 27.0 Å². The van der Waals surface area contributed by atoms with Crippen molar-refractivity contribution in [3.05, 3.63) is 36.2 Å². The molecule has 0 radical (unpaired) electrons. The van der Waals surface area contributed by atoms with E-state index in [0.717, 1.165) is 28.9 Å². The van der Waals surface area contributed by atoms with Gasteiger partial charge in [0.15, 0.2) is 6.61 Å². The molecule has 0 bridgehead atoms. The molecule has 0 atom stereocenters. The molecule has 1 heterocycles. The minimum Gasteiger partial charge on any atom is -0.454 e. The maximum Gasteiger partial charge on any atom is 0.416 e. The van der Waals surface area contributed by atoms with Crippen molar-refractivity contribution in [1.29, 1.82) is 0 Å². The predicted molar refractivity (Wildman–Crippen MR) is 68.8 cm³/mol. The largest absolute Gasteiger partial charge is 0.454 e. The number of amides is 1. The highest BCUT2D eigenvalue weighted by Gasteiger charge is 2.29. The number of benzene rings is 1. The summed E-state index contributed by atoms with van der Waals surface area (Å²) in [4.78, 5) is 22.9. The van der Waals surface area contributed by atoms with Gasteiger partial charge in [0, 0.05) is 5.69 Å². The van der Waals surface area contributed by atoms with Gasteiger partial charge in [0.1, 0.15) is 12.9 Å². The van der Waals surface area contributed by atoms with Gasteiger partial charge in [-0.05, 0) is 34.7 Å². The second kappa shape index (κ2) is 6.85. The smallest absolute Gasteiger partial charge is 0.416 e. The SMILES string of the molecule is O=C(COC(=O)Cn1cnnn1)Nc1ccc(C(F)(F)F)cc1. The molecule has 1 aromatic heterocycles. The Bertz CT molecular complexity index is 670. The highest BCUT2D eigenvalue weighted by molar-refractivity contribution is 5.92. The summed E-state index contributed by atoms with van der Waals surface area (Å²) >= 11 is 0. The molecule has 0 unspecified atom stereocenters. The fourth-order valence-electron chi connectivity index (χ4n) is 1.52. The molecule has 11 heteroatoms. The van der Waals surface area contributed by atoms with Gasteiger partial charge < -0.3 is 10.1 Å². The van der Waals surface area contributed by atoms with Crippen LogP contribution in [0, 0.1) is 0 Å². The monoisotopic (exact) mass is 329 g/mol. The van der Waals surface area contributed by atoms with Crippen LogP contribution in [0.2, 0.25) is 0 Å². The molecule has 0 aliphatic carbocycles. The van der Waals surface area contributed by atoms with E-state index in [2.05, 4.69) is 25.6 Å². The number of carbonyl (C=O) groups excluding carboxylic acids is 2. The lowest BCUT2D eigenvalue weighted by molar-refractivity contribution is -0.148. The molecule has 0 saturated heterocycles. The third-order valence-electron chi connectivity index (χ3n) is 2.54. The number of carbonyl (C=O) groups is 2. The topological polar surface area (TPSA) is 99.0 Å². The molecule has 1 aromatic carbocycles. The summed E-state index contributed by atoms with van der Waals surface area (Å²) < 4.78 is 42.9. The molecule has 1 N–H and O–H groups in total. The van der Waals surface area contributed by atoms with Crippen molar-refractivity contribution in [2.45, 2.75) is 12.7 Å². The molecular weight excluding hydrogens is 319 g/mol. The summed E-state index contributed by atoms with van der Waals surface area (Å²) in [6.45, 7) is -0.845. The van der Waals surface area contributed by atoms with Gasteiger partial charge in [0.2, 0.25) is 0 Å². The lowest BCUT2D eigenvalue weighted by atomic mass is 10.2. The summed E-state index contributed by atoms with van der Waals surface area (Å²) in [5, 5.41) is 12.4. The predicted octanol–water partition coefficient (Wildman–Crippen LogP) is 0.874. The average molecular weight is 329 g/mol. The van der Waals surface area contributed by atoms with E-state index < -0.39 is 30.2 Å². The Morgan fingerprint density at radius 1 is 1.22 bits per heavy atom. The van der Waals surface area contributed by atoms with Gasteiger partial charge in [-0.2, -0.15) is 13.2 Å². The van der Waals surface area contributed by atoms with Gasteiger partial charge in [-0.25, -0.2) is 4.68 Å². The van der Waals surface area contributed by atoms with Gasteiger partial charge in [-0.1, -0.05) is 0 Å². The van der Waals surface area contributed by atoms with E-state index in [0.29, 0.717) is 0 Å². The number of aromatic nitrogens is 4. The maximum atomic E-state index is 12.4. The third-order valence-corrected chi connectivity index (χ3v) is 2.54. The van der Waals surface area contributed by atoms with Crippen molar-refractivity contribution in [3.63, 3.8) is 0 Å². The Morgan fingerprint density at radius 3 is 2.48 bits per heavy atom. The molecule has 2 aromatic rings. The molecule has 0 aliphatic rings. The van der Waals surface area contributed by atoms with Crippen LogP contribution in [0.3, 0.4) is 0 Å². The second-order valence-electron chi connectivity index (χ2n) is 4.29. The Hall–Kier alpha value is -2.98. The van der Waals surface area contributed by atoms with Crippen molar-refractivity contribution >= 4 is 17.6 Å². The highest BCUT2D eigenvalue weighted by atomic mass is 19.4. The number of nitrogens with one attached hydrogen (secondary N) is 1. The zero-order chi connectivity index (χ0) is 16.9. The van der Waals surface area contributed by atoms with Crippen LogP contribution < -0.4 is 5.32 Å². The van der Waals surface area contributed by atoms with Crippen molar-refractivity contribution in [1.82, 2.24) is 20.2 Å². The van der Waals surface area contributed by atoms with E-state index in [9.17, 15) is 22.8 Å². The fourth-order valence-corrected chi connectivity index (χ4v) is 1.52. The lowest BCUT2D eigenvalue weighted by Gasteiger charge is -2.09. The van der Waals surface area contributed by atoms with Crippen LogP contribution in [0.1, 0.15) is 5.56 Å². The van der Waals surface area contributed by atoms with Crippen molar-refractivity contribution in [3.8, 4) is 0 Å². The summed E-state index contributed by atoms with van der Waals surface area (Å²) in [7, 11) is 0. The van der Waals surface area contributed by atoms with E-state index >= 15 is 0 Å². The van der Waals surface area contributed by atoms with Crippen LogP contribution in [0.5, 0.6) is 0 Å². The first-order valence-corrected chi connectivity index (χ1v) is 6.18. The highest BCUT2D eigenvalue weighted by Crippen LogP contribution is 2.29. The number of hydrogen-bond donors (Lipinski definition) is 1. The number of ether oxygens (including phenoxy) is 1. The number of halogens is 3. The van der Waals surface area contributed by atoms with Gasteiger partial charge in [0.05, 0.1) is 5.56 Å². The number of esters is 1. The Labute approximate surface area is 127 Å². The molecule has 2 rings (SSSR count). The number of nitrogens with zero attached hydrogens (tertiary/aromatic N) is 4. The van der Waals surface area contributed by atoms with E-state index in [1.807, 2.05) is 0 Å². The number of tetrazole rings is 1. The standard InChI is InChI=1S/C12H10F3N5O3/c13-12(14,15)8-1-3-9(4-2-8)17-10(21)6-23-11(22)5-20-7-16-18-19-20/h1-4,7H,5-6H2,(H,17,21). The van der Waals surface area contributed by atoms with Crippen molar-refractivity contribution < 1.29 is 27.5 Å². The zero-order valence-corrected chi connectivity index (χ0v) is 11.4. The summed E-state index contributed by atoms with van der Waals surface area (Å²) in [6, 6.07) is 3.87. The minimum absolute atomic E-state index is 0.152. The minimum atomic E-state index is -4.45. The summed E-state index contributed by atoms with van der Waals surface area (Å²) in [5.74, 6) is -1.42. The fraction of sp³-hybridized carbons (Fsp3) is 0.250. The van der Waals surface area contributed by atoms with Crippen molar-refractivity contribution in [2.24, 2.45) is 0 Å². The lowest BCUT2D eigenvalue weighted by Crippen LogP contribution is -2.23. The maximum absolute atomic E-state index is 12.4.